The van der Waals surface area contributed by atoms with E-state index in [-0.39, 0.29) is 6.04 Å². The number of hydrogen-bond donors (Lipinski definition) is 2. The van der Waals surface area contributed by atoms with Gasteiger partial charge in [0.05, 0.1) is 0 Å². The molecule has 0 aromatic carbocycles. The number of aromatic nitrogens is 4. The van der Waals surface area contributed by atoms with E-state index in [9.17, 15) is 0 Å². The van der Waals surface area contributed by atoms with E-state index in [4.69, 9.17) is 4.52 Å². The van der Waals surface area contributed by atoms with Crippen molar-refractivity contribution in [2.45, 2.75) is 32.4 Å². The third kappa shape index (κ3) is 2.22. The summed E-state index contributed by atoms with van der Waals surface area (Å²) < 4.78 is 5.33. The molecule has 0 aliphatic carbocycles. The van der Waals surface area contributed by atoms with Gasteiger partial charge in [0.25, 0.3) is 0 Å². The highest BCUT2D eigenvalue weighted by Crippen LogP contribution is 2.29. The van der Waals surface area contributed by atoms with Crippen molar-refractivity contribution in [1.82, 2.24) is 31.2 Å². The minimum Gasteiger partial charge on any atom is -0.337 e. The van der Waals surface area contributed by atoms with E-state index in [0.717, 1.165) is 6.42 Å². The van der Waals surface area contributed by atoms with Crippen LogP contribution in [0.2, 0.25) is 0 Å². The molecule has 7 heteroatoms. The number of nitrogens with zero attached hydrogens (tertiary/aromatic N) is 4. The van der Waals surface area contributed by atoms with E-state index in [0.29, 0.717) is 29.4 Å². The maximum Gasteiger partial charge on any atom is 0.245 e. The molecule has 2 aromatic rings. The molecule has 2 N–H and O–H groups in total. The first-order chi connectivity index (χ1) is 9.29. The van der Waals surface area contributed by atoms with Gasteiger partial charge in [-0.25, -0.2) is 5.43 Å². The second kappa shape index (κ2) is 5.02. The van der Waals surface area contributed by atoms with Gasteiger partial charge in [-0.3, -0.25) is 5.43 Å². The highest BCUT2D eigenvalue weighted by atomic mass is 16.5. The standard InChI is InChI=1S/C12H16N6O/c1-3-8-7(2)10(17-16-8)12-14-11(18-19-12)9-5-4-6-13-15-9/h4-8,10,16-17H,3H2,1-2H3. The minimum absolute atomic E-state index is 0.0304. The molecule has 7 nitrogen and oxygen atoms in total. The van der Waals surface area contributed by atoms with Crippen LogP contribution in [0.3, 0.4) is 0 Å². The van der Waals surface area contributed by atoms with Crippen LogP contribution in [0.25, 0.3) is 11.5 Å². The lowest BCUT2D eigenvalue weighted by Gasteiger charge is -2.13. The quantitative estimate of drug-likeness (QED) is 0.853. The number of rotatable bonds is 3. The molecule has 19 heavy (non-hydrogen) atoms. The zero-order chi connectivity index (χ0) is 13.2. The molecule has 100 valence electrons. The first kappa shape index (κ1) is 12.2. The van der Waals surface area contributed by atoms with Gasteiger partial charge in [-0.2, -0.15) is 10.1 Å². The summed E-state index contributed by atoms with van der Waals surface area (Å²) in [6.45, 7) is 4.31. The van der Waals surface area contributed by atoms with Crippen LogP contribution in [-0.4, -0.2) is 26.4 Å². The maximum atomic E-state index is 5.33. The fourth-order valence-corrected chi connectivity index (χ4v) is 2.34. The summed E-state index contributed by atoms with van der Waals surface area (Å²) in [5.41, 5.74) is 7.07. The molecule has 2 aromatic heterocycles. The van der Waals surface area contributed by atoms with Crippen LogP contribution in [-0.2, 0) is 0 Å². The highest BCUT2D eigenvalue weighted by Gasteiger charge is 2.35. The molecule has 3 unspecified atom stereocenters. The summed E-state index contributed by atoms with van der Waals surface area (Å²) in [7, 11) is 0. The average Bonchev–Trinajstić information content (AvgIpc) is 3.06. The van der Waals surface area contributed by atoms with Gasteiger partial charge in [-0.1, -0.05) is 19.0 Å². The zero-order valence-corrected chi connectivity index (χ0v) is 10.9. The first-order valence-electron chi connectivity index (χ1n) is 6.42. The Bertz CT molecular complexity index is 542. The molecule has 1 aliphatic heterocycles. The van der Waals surface area contributed by atoms with Crippen molar-refractivity contribution >= 4 is 0 Å². The van der Waals surface area contributed by atoms with E-state index in [1.54, 1.807) is 18.3 Å². The van der Waals surface area contributed by atoms with Gasteiger partial charge in [0.2, 0.25) is 11.7 Å². The third-order valence-electron chi connectivity index (χ3n) is 3.53. The summed E-state index contributed by atoms with van der Waals surface area (Å²) in [5.74, 6) is 1.44. The van der Waals surface area contributed by atoms with E-state index >= 15 is 0 Å². The highest BCUT2D eigenvalue weighted by molar-refractivity contribution is 5.46. The molecule has 1 saturated heterocycles. The zero-order valence-electron chi connectivity index (χ0n) is 10.9. The van der Waals surface area contributed by atoms with Crippen molar-refractivity contribution < 1.29 is 4.52 Å². The van der Waals surface area contributed by atoms with Crippen LogP contribution in [0.4, 0.5) is 0 Å². The second-order valence-electron chi connectivity index (χ2n) is 4.71. The fourth-order valence-electron chi connectivity index (χ4n) is 2.34. The van der Waals surface area contributed by atoms with E-state index in [1.165, 1.54) is 0 Å². The van der Waals surface area contributed by atoms with Crippen LogP contribution in [0.1, 0.15) is 32.2 Å². The first-order valence-corrected chi connectivity index (χ1v) is 6.42. The molecule has 0 bridgehead atoms. The molecule has 0 saturated carbocycles. The van der Waals surface area contributed by atoms with E-state index in [2.05, 4.69) is 45.0 Å². The van der Waals surface area contributed by atoms with E-state index < -0.39 is 0 Å². The molecule has 0 spiro atoms. The van der Waals surface area contributed by atoms with Gasteiger partial charge in [0.1, 0.15) is 11.7 Å². The fraction of sp³-hybridized carbons (Fsp3) is 0.500. The Morgan fingerprint density at radius 1 is 1.37 bits per heavy atom. The Morgan fingerprint density at radius 3 is 2.95 bits per heavy atom. The van der Waals surface area contributed by atoms with Gasteiger partial charge in [-0.05, 0) is 24.5 Å². The summed E-state index contributed by atoms with van der Waals surface area (Å²) in [4.78, 5) is 4.40. The van der Waals surface area contributed by atoms with Crippen LogP contribution in [0.5, 0.6) is 0 Å². The van der Waals surface area contributed by atoms with E-state index in [1.807, 2.05) is 0 Å². The Labute approximate surface area is 110 Å². The number of hydrogen-bond acceptors (Lipinski definition) is 7. The van der Waals surface area contributed by atoms with Gasteiger partial charge in [0, 0.05) is 12.2 Å². The SMILES string of the molecule is CCC1NNC(c2nc(-c3cccnn3)no2)C1C. The topological polar surface area (TPSA) is 88.8 Å². The summed E-state index contributed by atoms with van der Waals surface area (Å²) in [5, 5.41) is 11.7. The lowest BCUT2D eigenvalue weighted by molar-refractivity contribution is 0.312. The van der Waals surface area contributed by atoms with Crippen molar-refractivity contribution in [3.63, 3.8) is 0 Å². The Hall–Kier alpha value is -1.86. The molecular weight excluding hydrogens is 244 g/mol. The molecule has 1 aliphatic rings. The molecular formula is C12H16N6O. The Kier molecular flexibility index (Phi) is 3.22. The van der Waals surface area contributed by atoms with Crippen molar-refractivity contribution in [2.24, 2.45) is 5.92 Å². The lowest BCUT2D eigenvalue weighted by Crippen LogP contribution is -2.30. The number of hydrazine groups is 1. The summed E-state index contributed by atoms with van der Waals surface area (Å²) in [6.07, 6.45) is 2.66. The molecule has 0 radical (unpaired) electrons. The molecule has 0 amide bonds. The lowest BCUT2D eigenvalue weighted by atomic mass is 9.95. The number of nitrogens with one attached hydrogen (secondary N) is 2. The van der Waals surface area contributed by atoms with Crippen molar-refractivity contribution in [3.8, 4) is 11.5 Å². The van der Waals surface area contributed by atoms with Crippen molar-refractivity contribution in [1.29, 1.82) is 0 Å². The molecule has 1 fully saturated rings. The van der Waals surface area contributed by atoms with Crippen LogP contribution < -0.4 is 10.9 Å². The van der Waals surface area contributed by atoms with Crippen LogP contribution in [0, 0.1) is 5.92 Å². The van der Waals surface area contributed by atoms with Crippen LogP contribution in [0.15, 0.2) is 22.9 Å². The molecule has 3 atom stereocenters. The Balaban J connectivity index is 1.83. The van der Waals surface area contributed by atoms with Gasteiger partial charge >= 0.3 is 0 Å². The second-order valence-corrected chi connectivity index (χ2v) is 4.71. The smallest absolute Gasteiger partial charge is 0.245 e. The van der Waals surface area contributed by atoms with Gasteiger partial charge in [0.15, 0.2) is 0 Å². The Morgan fingerprint density at radius 2 is 2.26 bits per heavy atom. The molecule has 3 rings (SSSR count). The van der Waals surface area contributed by atoms with Crippen molar-refractivity contribution in [2.75, 3.05) is 0 Å². The predicted octanol–water partition coefficient (Wildman–Crippen LogP) is 1.09. The average molecular weight is 260 g/mol. The minimum atomic E-state index is 0.0304. The monoisotopic (exact) mass is 260 g/mol. The van der Waals surface area contributed by atoms with Gasteiger partial charge in [-0.15, -0.1) is 5.10 Å². The summed E-state index contributed by atoms with van der Waals surface area (Å²) in [6, 6.07) is 4.05. The molecule has 3 heterocycles. The van der Waals surface area contributed by atoms with Crippen molar-refractivity contribution in [3.05, 3.63) is 24.2 Å². The predicted molar refractivity (Wildman–Crippen MR) is 67.6 cm³/mol. The largest absolute Gasteiger partial charge is 0.337 e. The normalized spacial score (nSPS) is 26.7. The summed E-state index contributed by atoms with van der Waals surface area (Å²) >= 11 is 0. The maximum absolute atomic E-state index is 5.33. The third-order valence-corrected chi connectivity index (χ3v) is 3.53. The van der Waals surface area contributed by atoms with Crippen LogP contribution >= 0.6 is 0 Å². The van der Waals surface area contributed by atoms with Gasteiger partial charge < -0.3 is 4.52 Å².